The predicted molar refractivity (Wildman–Crippen MR) is 184 cm³/mol. The molecule has 3 saturated carbocycles. The van der Waals surface area contributed by atoms with Gasteiger partial charge in [-0.2, -0.15) is 0 Å². The predicted octanol–water partition coefficient (Wildman–Crippen LogP) is 1.55. The molecule has 3 heterocycles. The summed E-state index contributed by atoms with van der Waals surface area (Å²) in [6.45, 7) is 9.92. The zero-order valence-electron chi connectivity index (χ0n) is 31.2. The lowest BCUT2D eigenvalue weighted by atomic mass is 9.47. The number of aliphatic hydroxyl groups is 7. The number of fused-ring (bicyclic) bond motifs is 5. The molecule has 7 aliphatic rings. The van der Waals surface area contributed by atoms with Crippen molar-refractivity contribution in [2.45, 2.75) is 172 Å². The van der Waals surface area contributed by atoms with E-state index < -0.39 is 80.4 Å². The Morgan fingerprint density at radius 1 is 0.769 bits per heavy atom. The highest BCUT2D eigenvalue weighted by Crippen LogP contribution is 2.67. The van der Waals surface area contributed by atoms with Gasteiger partial charge in [0, 0.05) is 11.8 Å². The normalized spacial score (nSPS) is 54.5. The number of ether oxygens (including phenoxy) is 5. The van der Waals surface area contributed by atoms with Crippen molar-refractivity contribution in [3.63, 3.8) is 0 Å². The first-order valence-corrected chi connectivity index (χ1v) is 19.8. The molecule has 7 rings (SSSR count). The van der Waals surface area contributed by atoms with Gasteiger partial charge in [-0.3, -0.25) is 4.79 Å². The van der Waals surface area contributed by atoms with Gasteiger partial charge in [0.1, 0.15) is 42.7 Å². The van der Waals surface area contributed by atoms with E-state index in [0.717, 1.165) is 44.9 Å². The average Bonchev–Trinajstić information content (AvgIpc) is 3.47. The van der Waals surface area contributed by atoms with Crippen LogP contribution in [0.4, 0.5) is 0 Å². The van der Waals surface area contributed by atoms with Crippen LogP contribution >= 0.6 is 0 Å². The van der Waals surface area contributed by atoms with Crippen molar-refractivity contribution in [1.82, 2.24) is 0 Å². The summed E-state index contributed by atoms with van der Waals surface area (Å²) in [6.07, 6.45) is -5.20. The Balaban J connectivity index is 1.06. The minimum absolute atomic E-state index is 0.0436. The molecule has 0 aromatic heterocycles. The molecule has 0 aromatic carbocycles. The molecule has 0 spiro atoms. The fourth-order valence-corrected chi connectivity index (χ4v) is 11.7. The van der Waals surface area contributed by atoms with Crippen LogP contribution in [0.15, 0.2) is 11.6 Å². The molecule has 6 fully saturated rings. The van der Waals surface area contributed by atoms with E-state index in [1.807, 2.05) is 13.0 Å². The summed E-state index contributed by atoms with van der Waals surface area (Å²) in [4.78, 5) is 14.2. The number of carbonyl (C=O) groups excluding carboxylic acids is 1. The molecule has 0 amide bonds. The zero-order chi connectivity index (χ0) is 37.4. The third kappa shape index (κ3) is 6.56. The number of rotatable bonds is 7. The molecule has 296 valence electrons. The smallest absolute Gasteiger partial charge is 0.187 e. The van der Waals surface area contributed by atoms with Crippen LogP contribution in [0.1, 0.15) is 92.4 Å². The van der Waals surface area contributed by atoms with Gasteiger partial charge in [0.15, 0.2) is 24.7 Å². The topological polar surface area (TPSA) is 205 Å². The van der Waals surface area contributed by atoms with E-state index in [1.165, 1.54) is 12.5 Å². The van der Waals surface area contributed by atoms with Crippen LogP contribution in [0.25, 0.3) is 0 Å². The molecule has 3 saturated heterocycles. The lowest BCUT2D eigenvalue weighted by Gasteiger charge is -2.57. The minimum atomic E-state index is -1.66. The summed E-state index contributed by atoms with van der Waals surface area (Å²) in [6, 6.07) is 0. The molecule has 4 aliphatic carbocycles. The number of hydrogen-bond acceptors (Lipinski definition) is 13. The van der Waals surface area contributed by atoms with Crippen LogP contribution in [0.2, 0.25) is 0 Å². The first kappa shape index (κ1) is 39.2. The van der Waals surface area contributed by atoms with E-state index in [1.54, 1.807) is 0 Å². The van der Waals surface area contributed by atoms with Crippen molar-refractivity contribution < 1.29 is 64.2 Å². The van der Waals surface area contributed by atoms with Gasteiger partial charge in [-0.05, 0) is 105 Å². The Hall–Kier alpha value is -1.07. The van der Waals surface area contributed by atoms with Gasteiger partial charge < -0.3 is 59.4 Å². The van der Waals surface area contributed by atoms with E-state index in [4.69, 9.17) is 23.7 Å². The first-order valence-electron chi connectivity index (χ1n) is 19.8. The maximum atomic E-state index is 14.2. The van der Waals surface area contributed by atoms with Crippen molar-refractivity contribution in [2.24, 2.45) is 46.3 Å². The summed E-state index contributed by atoms with van der Waals surface area (Å²) < 4.78 is 30.0. The molecule has 3 aliphatic heterocycles. The van der Waals surface area contributed by atoms with Crippen LogP contribution in [0, 0.1) is 46.3 Å². The SMILES string of the molecule is CC1CCC(C(C)C2CCC3C4=CC(=O)C5CC(OC6OC(CO)C(O)C(O)C6OC6OC(C)C(O)C(O)C6O)CCC5(C)C4CCC32C)OC1O. The zero-order valence-corrected chi connectivity index (χ0v) is 31.2. The highest BCUT2D eigenvalue weighted by molar-refractivity contribution is 5.94. The number of allylic oxidation sites excluding steroid dienone is 2. The Labute approximate surface area is 306 Å². The van der Waals surface area contributed by atoms with Crippen molar-refractivity contribution in [3.8, 4) is 0 Å². The molecule has 7 N–H and O–H groups in total. The number of carbonyl (C=O) groups is 1. The Morgan fingerprint density at radius 3 is 2.19 bits per heavy atom. The second-order valence-electron chi connectivity index (χ2n) is 17.9. The van der Waals surface area contributed by atoms with Crippen LogP contribution < -0.4 is 0 Å². The van der Waals surface area contributed by atoms with E-state index in [9.17, 15) is 40.5 Å². The second kappa shape index (κ2) is 14.8. The largest absolute Gasteiger partial charge is 0.394 e. The van der Waals surface area contributed by atoms with Crippen LogP contribution in [-0.2, 0) is 28.5 Å². The van der Waals surface area contributed by atoms with Crippen LogP contribution in [-0.4, -0.2) is 128 Å². The van der Waals surface area contributed by atoms with Crippen molar-refractivity contribution in [2.75, 3.05) is 6.61 Å². The van der Waals surface area contributed by atoms with Crippen molar-refractivity contribution in [3.05, 3.63) is 11.6 Å². The van der Waals surface area contributed by atoms with Crippen molar-refractivity contribution >= 4 is 5.78 Å². The Morgan fingerprint density at radius 2 is 1.48 bits per heavy atom. The van der Waals surface area contributed by atoms with E-state index >= 15 is 0 Å². The van der Waals surface area contributed by atoms with Gasteiger partial charge in [0.25, 0.3) is 0 Å². The standard InChI is InChI=1S/C39H62O13/c1-17-6-9-27(50-35(17)47)18(2)22-7-8-23-21-15-26(41)25-14-20(10-12-39(25,5)24(21)11-13-38(22,23)4)49-37-34(32(45)30(43)28(16-40)51-37)52-36-33(46)31(44)29(42)19(3)48-36/h15,17-20,22-25,27-37,40,42-47H,6-14,16H2,1-5H3. The number of ketones is 1. The van der Waals surface area contributed by atoms with E-state index in [-0.39, 0.29) is 40.5 Å². The first-order chi connectivity index (χ1) is 24.6. The molecule has 0 aromatic rings. The van der Waals surface area contributed by atoms with Gasteiger partial charge in [0.2, 0.25) is 0 Å². The second-order valence-corrected chi connectivity index (χ2v) is 17.9. The summed E-state index contributed by atoms with van der Waals surface area (Å²) in [7, 11) is 0. The molecule has 52 heavy (non-hydrogen) atoms. The molecule has 13 nitrogen and oxygen atoms in total. The summed E-state index contributed by atoms with van der Waals surface area (Å²) in [5, 5.41) is 73.3. The maximum absolute atomic E-state index is 14.2. The van der Waals surface area contributed by atoms with Crippen LogP contribution in [0.5, 0.6) is 0 Å². The summed E-state index contributed by atoms with van der Waals surface area (Å²) in [5.41, 5.74) is 1.12. The monoisotopic (exact) mass is 738 g/mol. The highest BCUT2D eigenvalue weighted by Gasteiger charge is 2.61. The molecule has 13 heteroatoms. The quantitative estimate of drug-likeness (QED) is 0.198. The molecular weight excluding hydrogens is 676 g/mol. The molecule has 0 radical (unpaired) electrons. The van der Waals surface area contributed by atoms with Gasteiger partial charge in [-0.1, -0.05) is 33.3 Å². The number of aliphatic hydroxyl groups excluding tert-OH is 7. The van der Waals surface area contributed by atoms with Crippen LogP contribution in [0.3, 0.4) is 0 Å². The maximum Gasteiger partial charge on any atom is 0.187 e. The van der Waals surface area contributed by atoms with Crippen molar-refractivity contribution in [1.29, 1.82) is 0 Å². The summed E-state index contributed by atoms with van der Waals surface area (Å²) >= 11 is 0. The van der Waals surface area contributed by atoms with Gasteiger partial charge in [-0.25, -0.2) is 0 Å². The van der Waals surface area contributed by atoms with E-state index in [0.29, 0.717) is 30.6 Å². The molecular formula is C39H62O13. The fourth-order valence-electron chi connectivity index (χ4n) is 11.7. The van der Waals surface area contributed by atoms with Gasteiger partial charge in [-0.15, -0.1) is 0 Å². The lowest BCUT2D eigenvalue weighted by molar-refractivity contribution is -0.370. The minimum Gasteiger partial charge on any atom is -0.394 e. The Bertz CT molecular complexity index is 1330. The number of hydrogen-bond donors (Lipinski definition) is 7. The molecule has 21 unspecified atom stereocenters. The third-order valence-electron chi connectivity index (χ3n) is 15.1. The van der Waals surface area contributed by atoms with E-state index in [2.05, 4.69) is 20.8 Å². The van der Waals surface area contributed by atoms with Gasteiger partial charge >= 0.3 is 0 Å². The molecule has 21 atom stereocenters. The highest BCUT2D eigenvalue weighted by atomic mass is 16.8. The average molecular weight is 739 g/mol. The van der Waals surface area contributed by atoms with Gasteiger partial charge in [0.05, 0.1) is 24.9 Å². The lowest BCUT2D eigenvalue weighted by Crippen LogP contribution is -2.64. The third-order valence-corrected chi connectivity index (χ3v) is 15.1. The molecule has 0 bridgehead atoms. The Kier molecular flexibility index (Phi) is 11.1. The summed E-state index contributed by atoms with van der Waals surface area (Å²) in [5.74, 6) is 1.36. The fraction of sp³-hybridized carbons (Fsp3) is 0.923.